The van der Waals surface area contributed by atoms with Crippen molar-refractivity contribution in [3.63, 3.8) is 0 Å². The molecule has 1 amide bonds. The topological polar surface area (TPSA) is 29.5 Å². The van der Waals surface area contributed by atoms with E-state index in [0.717, 1.165) is 24.5 Å². The summed E-state index contributed by atoms with van der Waals surface area (Å²) in [5.74, 6) is 0. The first-order valence-corrected chi connectivity index (χ1v) is 8.44. The predicted octanol–water partition coefficient (Wildman–Crippen LogP) is 5.26. The number of hydrogen-bond acceptors (Lipinski definition) is 2. The summed E-state index contributed by atoms with van der Waals surface area (Å²) in [5.41, 5.74) is 0.239. The molecule has 0 spiro atoms. The van der Waals surface area contributed by atoms with Crippen LogP contribution >= 0.6 is 0 Å². The Morgan fingerprint density at radius 1 is 1.20 bits per heavy atom. The molecule has 2 aliphatic rings. The first-order valence-electron chi connectivity index (χ1n) is 8.44. The molecule has 2 bridgehead atoms. The molecule has 0 aliphatic carbocycles. The van der Waals surface area contributed by atoms with E-state index in [0.29, 0.717) is 12.0 Å². The summed E-state index contributed by atoms with van der Waals surface area (Å²) in [6.07, 6.45) is -0.582. The van der Waals surface area contributed by atoms with Crippen molar-refractivity contribution in [2.75, 3.05) is 0 Å². The molecule has 1 fully saturated rings. The van der Waals surface area contributed by atoms with E-state index < -0.39 is 17.3 Å². The number of hydrogen-bond donors (Lipinski definition) is 0. The second-order valence-corrected chi connectivity index (χ2v) is 7.66. The Labute approximate surface area is 145 Å². The molecule has 136 valence electrons. The SMILES string of the molecule is CC(C)(C)OC(=O)N1C2C=C(c3cccc(C(F)(F)F)c3)CC1CC2. The molecule has 3 rings (SSSR count). The van der Waals surface area contributed by atoms with E-state index in [-0.39, 0.29) is 18.2 Å². The van der Waals surface area contributed by atoms with Gasteiger partial charge in [0.05, 0.1) is 11.6 Å². The summed E-state index contributed by atoms with van der Waals surface area (Å²) in [7, 11) is 0. The average molecular weight is 353 g/mol. The molecule has 3 nitrogen and oxygen atoms in total. The second kappa shape index (κ2) is 6.07. The lowest BCUT2D eigenvalue weighted by Gasteiger charge is -2.35. The Morgan fingerprint density at radius 3 is 2.52 bits per heavy atom. The van der Waals surface area contributed by atoms with Crippen LogP contribution in [0.5, 0.6) is 0 Å². The summed E-state index contributed by atoms with van der Waals surface area (Å²) < 4.78 is 44.3. The van der Waals surface area contributed by atoms with Crippen LogP contribution in [0, 0.1) is 0 Å². The van der Waals surface area contributed by atoms with Crippen LogP contribution in [-0.2, 0) is 10.9 Å². The van der Waals surface area contributed by atoms with Crippen LogP contribution in [0.1, 0.15) is 51.2 Å². The molecule has 25 heavy (non-hydrogen) atoms. The minimum atomic E-state index is -4.35. The molecule has 2 atom stereocenters. The van der Waals surface area contributed by atoms with Gasteiger partial charge in [-0.25, -0.2) is 4.79 Å². The highest BCUT2D eigenvalue weighted by Gasteiger charge is 2.42. The van der Waals surface area contributed by atoms with Crippen LogP contribution in [0.3, 0.4) is 0 Å². The van der Waals surface area contributed by atoms with Crippen LogP contribution in [-0.4, -0.2) is 28.7 Å². The highest BCUT2D eigenvalue weighted by atomic mass is 19.4. The number of carbonyl (C=O) groups excluding carboxylic acids is 1. The molecular weight excluding hydrogens is 331 g/mol. The maximum absolute atomic E-state index is 12.9. The van der Waals surface area contributed by atoms with Crippen molar-refractivity contribution in [3.8, 4) is 0 Å². The molecule has 2 heterocycles. The van der Waals surface area contributed by atoms with E-state index in [9.17, 15) is 18.0 Å². The Morgan fingerprint density at radius 2 is 1.92 bits per heavy atom. The van der Waals surface area contributed by atoms with Gasteiger partial charge < -0.3 is 4.74 Å². The minimum Gasteiger partial charge on any atom is -0.444 e. The maximum atomic E-state index is 12.9. The number of fused-ring (bicyclic) bond motifs is 2. The number of nitrogens with zero attached hydrogens (tertiary/aromatic N) is 1. The van der Waals surface area contributed by atoms with Crippen molar-refractivity contribution in [1.82, 2.24) is 4.90 Å². The maximum Gasteiger partial charge on any atom is 0.416 e. The highest BCUT2D eigenvalue weighted by Crippen LogP contribution is 2.40. The monoisotopic (exact) mass is 353 g/mol. The number of alkyl halides is 3. The van der Waals surface area contributed by atoms with Gasteiger partial charge in [0.1, 0.15) is 5.60 Å². The fourth-order valence-electron chi connectivity index (χ4n) is 3.54. The molecule has 0 radical (unpaired) electrons. The number of ether oxygens (including phenoxy) is 1. The minimum absolute atomic E-state index is 0.0191. The summed E-state index contributed by atoms with van der Waals surface area (Å²) in [4.78, 5) is 14.2. The number of amides is 1. The molecule has 6 heteroatoms. The van der Waals surface area contributed by atoms with Crippen molar-refractivity contribution in [2.24, 2.45) is 0 Å². The normalized spacial score (nSPS) is 23.4. The first kappa shape index (κ1) is 17.8. The zero-order valence-corrected chi connectivity index (χ0v) is 14.6. The van der Waals surface area contributed by atoms with Crippen molar-refractivity contribution in [2.45, 2.75) is 63.9 Å². The third-order valence-electron chi connectivity index (χ3n) is 4.56. The van der Waals surface area contributed by atoms with Crippen LogP contribution in [0.4, 0.5) is 18.0 Å². The Bertz CT molecular complexity index is 703. The molecule has 1 saturated heterocycles. The lowest BCUT2D eigenvalue weighted by Crippen LogP contribution is -2.45. The van der Waals surface area contributed by atoms with Crippen LogP contribution in [0.25, 0.3) is 5.57 Å². The standard InChI is InChI=1S/C19H22F3NO2/c1-18(2,3)25-17(24)23-15-7-8-16(23)11-13(10-15)12-5-4-6-14(9-12)19(20,21)22/h4-6,9-10,15-16H,7-8,11H2,1-3H3. The van der Waals surface area contributed by atoms with E-state index in [1.807, 2.05) is 26.8 Å². The third kappa shape index (κ3) is 3.83. The van der Waals surface area contributed by atoms with Gasteiger partial charge in [0.25, 0.3) is 0 Å². The highest BCUT2D eigenvalue weighted by molar-refractivity contribution is 5.75. The zero-order chi connectivity index (χ0) is 18.4. The van der Waals surface area contributed by atoms with Gasteiger partial charge in [0, 0.05) is 6.04 Å². The average Bonchev–Trinajstić information content (AvgIpc) is 2.75. The number of halogens is 3. The van der Waals surface area contributed by atoms with Crippen molar-refractivity contribution in [3.05, 3.63) is 41.5 Å². The number of carbonyl (C=O) groups is 1. The molecule has 1 aromatic carbocycles. The molecule has 0 N–H and O–H groups in total. The number of rotatable bonds is 1. The zero-order valence-electron chi connectivity index (χ0n) is 14.6. The number of benzene rings is 1. The molecule has 2 aliphatic heterocycles. The van der Waals surface area contributed by atoms with Crippen LogP contribution in [0.2, 0.25) is 0 Å². The largest absolute Gasteiger partial charge is 0.444 e. The Hall–Kier alpha value is -1.98. The third-order valence-corrected chi connectivity index (χ3v) is 4.56. The fraction of sp³-hybridized carbons (Fsp3) is 0.526. The van der Waals surface area contributed by atoms with Gasteiger partial charge >= 0.3 is 12.3 Å². The van der Waals surface area contributed by atoms with Gasteiger partial charge in [-0.1, -0.05) is 18.2 Å². The fourth-order valence-corrected chi connectivity index (χ4v) is 3.54. The van der Waals surface area contributed by atoms with Gasteiger partial charge in [-0.05, 0) is 63.3 Å². The van der Waals surface area contributed by atoms with E-state index in [1.165, 1.54) is 12.1 Å². The lowest BCUT2D eigenvalue weighted by molar-refractivity contribution is -0.137. The van der Waals surface area contributed by atoms with E-state index in [4.69, 9.17) is 4.74 Å². The van der Waals surface area contributed by atoms with Gasteiger partial charge in [-0.2, -0.15) is 13.2 Å². The predicted molar refractivity (Wildman–Crippen MR) is 88.9 cm³/mol. The van der Waals surface area contributed by atoms with E-state index in [2.05, 4.69) is 0 Å². The molecule has 2 unspecified atom stereocenters. The van der Waals surface area contributed by atoms with E-state index in [1.54, 1.807) is 11.0 Å². The quantitative estimate of drug-likeness (QED) is 0.689. The molecule has 1 aromatic rings. The molecule has 0 saturated carbocycles. The smallest absolute Gasteiger partial charge is 0.416 e. The summed E-state index contributed by atoms with van der Waals surface area (Å²) in [6, 6.07) is 5.26. The van der Waals surface area contributed by atoms with Gasteiger partial charge in [0.2, 0.25) is 0 Å². The van der Waals surface area contributed by atoms with Gasteiger partial charge in [0.15, 0.2) is 0 Å². The van der Waals surface area contributed by atoms with Crippen molar-refractivity contribution < 1.29 is 22.7 Å². The lowest BCUT2D eigenvalue weighted by atomic mass is 9.94. The summed E-state index contributed by atoms with van der Waals surface area (Å²) >= 11 is 0. The molecule has 0 aromatic heterocycles. The van der Waals surface area contributed by atoms with E-state index >= 15 is 0 Å². The molecular formula is C19H22F3NO2. The van der Waals surface area contributed by atoms with Crippen molar-refractivity contribution in [1.29, 1.82) is 0 Å². The van der Waals surface area contributed by atoms with Crippen LogP contribution < -0.4 is 0 Å². The van der Waals surface area contributed by atoms with Gasteiger partial charge in [-0.15, -0.1) is 0 Å². The van der Waals surface area contributed by atoms with Crippen LogP contribution in [0.15, 0.2) is 30.3 Å². The second-order valence-electron chi connectivity index (χ2n) is 7.66. The van der Waals surface area contributed by atoms with Gasteiger partial charge in [-0.3, -0.25) is 4.90 Å². The summed E-state index contributed by atoms with van der Waals surface area (Å²) in [6.45, 7) is 5.46. The Balaban J connectivity index is 1.84. The van der Waals surface area contributed by atoms with Crippen molar-refractivity contribution >= 4 is 11.7 Å². The first-order chi connectivity index (χ1) is 11.5. The summed E-state index contributed by atoms with van der Waals surface area (Å²) in [5, 5.41) is 0. The Kier molecular flexibility index (Phi) is 4.33.